The summed E-state index contributed by atoms with van der Waals surface area (Å²) < 4.78 is 4.92. The van der Waals surface area contributed by atoms with E-state index in [-0.39, 0.29) is 6.03 Å². The fourth-order valence-electron chi connectivity index (χ4n) is 1.74. The Morgan fingerprint density at radius 3 is 3.00 bits per heavy atom. The van der Waals surface area contributed by atoms with Gasteiger partial charge in [-0.3, -0.25) is 4.98 Å². The number of nitrogens with zero attached hydrogens (tertiary/aromatic N) is 1. The highest BCUT2D eigenvalue weighted by atomic mass is 16.4. The molecule has 18 heavy (non-hydrogen) atoms. The van der Waals surface area contributed by atoms with Crippen molar-refractivity contribution in [2.75, 3.05) is 20.6 Å². The first-order chi connectivity index (χ1) is 8.60. The summed E-state index contributed by atoms with van der Waals surface area (Å²) in [4.78, 5) is 26.5. The Hall–Kier alpha value is -2.24. The molecule has 0 fully saturated rings. The number of oxazole rings is 1. The van der Waals surface area contributed by atoms with Gasteiger partial charge in [-0.05, 0) is 24.1 Å². The van der Waals surface area contributed by atoms with E-state index < -0.39 is 5.76 Å². The average molecular weight is 249 g/mol. The number of benzene rings is 1. The van der Waals surface area contributed by atoms with Crippen LogP contribution in [0.4, 0.5) is 4.79 Å². The van der Waals surface area contributed by atoms with E-state index in [1.165, 1.54) is 0 Å². The molecule has 2 amide bonds. The Labute approximate surface area is 104 Å². The number of nitrogens with one attached hydrogen (secondary N) is 2. The fourth-order valence-corrected chi connectivity index (χ4v) is 1.74. The first-order valence-corrected chi connectivity index (χ1v) is 5.65. The van der Waals surface area contributed by atoms with Gasteiger partial charge in [-0.15, -0.1) is 0 Å². The number of carbonyl (C=O) groups is 1. The van der Waals surface area contributed by atoms with Gasteiger partial charge in [0.1, 0.15) is 0 Å². The molecule has 1 aromatic heterocycles. The third-order valence-electron chi connectivity index (χ3n) is 2.78. The minimum absolute atomic E-state index is 0.118. The molecule has 6 nitrogen and oxygen atoms in total. The summed E-state index contributed by atoms with van der Waals surface area (Å²) in [5.74, 6) is -0.454. The van der Waals surface area contributed by atoms with Crippen LogP contribution in [0.25, 0.3) is 11.1 Å². The molecule has 0 aliphatic carbocycles. The highest BCUT2D eigenvalue weighted by molar-refractivity contribution is 5.74. The topological polar surface area (TPSA) is 78.3 Å². The summed E-state index contributed by atoms with van der Waals surface area (Å²) >= 11 is 0. The van der Waals surface area contributed by atoms with Crippen LogP contribution in [-0.4, -0.2) is 36.6 Å². The van der Waals surface area contributed by atoms with Gasteiger partial charge in [0, 0.05) is 20.6 Å². The molecule has 0 atom stereocenters. The molecule has 0 radical (unpaired) electrons. The molecule has 0 aliphatic rings. The molecular formula is C12H15N3O3. The van der Waals surface area contributed by atoms with Crippen LogP contribution in [0.2, 0.25) is 0 Å². The summed E-state index contributed by atoms with van der Waals surface area (Å²) in [5.41, 5.74) is 2.26. The normalized spacial score (nSPS) is 10.6. The van der Waals surface area contributed by atoms with Crippen molar-refractivity contribution in [3.05, 3.63) is 34.3 Å². The number of rotatable bonds is 3. The lowest BCUT2D eigenvalue weighted by molar-refractivity contribution is 0.211. The lowest BCUT2D eigenvalue weighted by atomic mass is 10.1. The second-order valence-electron chi connectivity index (χ2n) is 4.07. The van der Waals surface area contributed by atoms with E-state index in [0.717, 1.165) is 5.56 Å². The van der Waals surface area contributed by atoms with E-state index in [2.05, 4.69) is 10.3 Å². The monoisotopic (exact) mass is 249 g/mol. The number of aromatic nitrogens is 1. The van der Waals surface area contributed by atoms with Crippen molar-refractivity contribution in [1.82, 2.24) is 15.2 Å². The van der Waals surface area contributed by atoms with E-state index in [4.69, 9.17) is 4.42 Å². The maximum absolute atomic E-state index is 11.3. The fraction of sp³-hybridized carbons (Fsp3) is 0.333. The van der Waals surface area contributed by atoms with Crippen LogP contribution in [0.15, 0.2) is 27.4 Å². The number of carbonyl (C=O) groups excluding carboxylic acids is 1. The molecule has 0 aliphatic heterocycles. The standard InChI is InChI=1S/C12H15N3O3/c1-13-11(16)15(2)6-5-8-3-4-10-9(7-8)14-12(17)18-10/h3-4,7H,5-6H2,1-2H3,(H,13,16)(H,14,17). The zero-order valence-electron chi connectivity index (χ0n) is 10.3. The molecule has 0 unspecified atom stereocenters. The van der Waals surface area contributed by atoms with Crippen LogP contribution in [0, 0.1) is 0 Å². The minimum Gasteiger partial charge on any atom is -0.408 e. The van der Waals surface area contributed by atoms with Gasteiger partial charge in [0.25, 0.3) is 0 Å². The van der Waals surface area contributed by atoms with Crippen LogP contribution in [-0.2, 0) is 6.42 Å². The first kappa shape index (κ1) is 12.2. The molecule has 0 bridgehead atoms. The Kier molecular flexibility index (Phi) is 3.36. The van der Waals surface area contributed by atoms with E-state index in [9.17, 15) is 9.59 Å². The van der Waals surface area contributed by atoms with E-state index >= 15 is 0 Å². The molecule has 6 heteroatoms. The van der Waals surface area contributed by atoms with Crippen molar-refractivity contribution in [3.8, 4) is 0 Å². The quantitative estimate of drug-likeness (QED) is 0.849. The van der Waals surface area contributed by atoms with Crippen molar-refractivity contribution < 1.29 is 9.21 Å². The number of aromatic amines is 1. The number of urea groups is 1. The van der Waals surface area contributed by atoms with Gasteiger partial charge in [-0.2, -0.15) is 0 Å². The van der Waals surface area contributed by atoms with Crippen LogP contribution >= 0.6 is 0 Å². The molecule has 2 rings (SSSR count). The molecule has 0 saturated carbocycles. The highest BCUT2D eigenvalue weighted by Gasteiger charge is 2.07. The number of hydrogen-bond donors (Lipinski definition) is 2. The van der Waals surface area contributed by atoms with Crippen molar-refractivity contribution >= 4 is 17.1 Å². The second-order valence-corrected chi connectivity index (χ2v) is 4.07. The minimum atomic E-state index is -0.454. The lowest BCUT2D eigenvalue weighted by Gasteiger charge is -2.16. The van der Waals surface area contributed by atoms with E-state index in [1.807, 2.05) is 12.1 Å². The van der Waals surface area contributed by atoms with Gasteiger partial charge in [0.15, 0.2) is 5.58 Å². The highest BCUT2D eigenvalue weighted by Crippen LogP contribution is 2.12. The van der Waals surface area contributed by atoms with Crippen LogP contribution in [0.1, 0.15) is 5.56 Å². The molecule has 1 aromatic carbocycles. The van der Waals surface area contributed by atoms with Gasteiger partial charge >= 0.3 is 11.8 Å². The van der Waals surface area contributed by atoms with Crippen molar-refractivity contribution in [1.29, 1.82) is 0 Å². The number of amides is 2. The molecule has 1 heterocycles. The van der Waals surface area contributed by atoms with Crippen LogP contribution < -0.4 is 11.1 Å². The van der Waals surface area contributed by atoms with E-state index in [0.29, 0.717) is 24.1 Å². The molecule has 2 N–H and O–H groups in total. The van der Waals surface area contributed by atoms with Gasteiger partial charge in [-0.1, -0.05) is 6.07 Å². The maximum Gasteiger partial charge on any atom is 0.417 e. The Bertz CT molecular complexity index is 614. The Balaban J connectivity index is 2.08. The molecular weight excluding hydrogens is 234 g/mol. The predicted molar refractivity (Wildman–Crippen MR) is 67.6 cm³/mol. The average Bonchev–Trinajstić information content (AvgIpc) is 2.74. The summed E-state index contributed by atoms with van der Waals surface area (Å²) in [6, 6.07) is 5.38. The van der Waals surface area contributed by atoms with Crippen LogP contribution in [0.3, 0.4) is 0 Å². The summed E-state index contributed by atoms with van der Waals surface area (Å²) in [6.07, 6.45) is 0.715. The molecule has 96 valence electrons. The number of hydrogen-bond acceptors (Lipinski definition) is 3. The van der Waals surface area contributed by atoms with Crippen molar-refractivity contribution in [3.63, 3.8) is 0 Å². The number of H-pyrrole nitrogens is 1. The van der Waals surface area contributed by atoms with Crippen molar-refractivity contribution in [2.24, 2.45) is 0 Å². The van der Waals surface area contributed by atoms with Crippen molar-refractivity contribution in [2.45, 2.75) is 6.42 Å². The molecule has 2 aromatic rings. The molecule has 0 saturated heterocycles. The second kappa shape index (κ2) is 4.95. The van der Waals surface area contributed by atoms with Crippen LogP contribution in [0.5, 0.6) is 0 Å². The largest absolute Gasteiger partial charge is 0.417 e. The zero-order chi connectivity index (χ0) is 13.1. The third kappa shape index (κ3) is 2.53. The first-order valence-electron chi connectivity index (χ1n) is 5.65. The van der Waals surface area contributed by atoms with E-state index in [1.54, 1.807) is 25.1 Å². The predicted octanol–water partition coefficient (Wildman–Crippen LogP) is 0.935. The lowest BCUT2D eigenvalue weighted by Crippen LogP contribution is -2.36. The molecule has 0 spiro atoms. The van der Waals surface area contributed by atoms with Gasteiger partial charge in [0.05, 0.1) is 5.52 Å². The third-order valence-corrected chi connectivity index (χ3v) is 2.78. The summed E-state index contributed by atoms with van der Waals surface area (Å²) in [5, 5.41) is 2.56. The Morgan fingerprint density at radius 2 is 2.28 bits per heavy atom. The maximum atomic E-state index is 11.3. The smallest absolute Gasteiger partial charge is 0.408 e. The number of fused-ring (bicyclic) bond motifs is 1. The van der Waals surface area contributed by atoms with Gasteiger partial charge < -0.3 is 14.6 Å². The Morgan fingerprint density at radius 1 is 1.50 bits per heavy atom. The SMILES string of the molecule is CNC(=O)N(C)CCc1ccc2oc(=O)[nH]c2c1. The van der Waals surface area contributed by atoms with Gasteiger partial charge in [0.2, 0.25) is 0 Å². The summed E-state index contributed by atoms with van der Waals surface area (Å²) in [6.45, 7) is 0.604. The van der Waals surface area contributed by atoms with Gasteiger partial charge in [-0.25, -0.2) is 9.59 Å². The zero-order valence-corrected chi connectivity index (χ0v) is 10.3. The summed E-state index contributed by atoms with van der Waals surface area (Å²) in [7, 11) is 3.33. The number of likely N-dealkylation sites (N-methyl/N-ethyl adjacent to an activating group) is 1.